The maximum atomic E-state index is 13.5. The van der Waals surface area contributed by atoms with E-state index in [1.807, 2.05) is 7.05 Å². The molecule has 21 heavy (non-hydrogen) atoms. The molecule has 110 valence electrons. The SMILES string of the molecule is CNC1CN(c2nc(N)nc(N)c2-c2cccc(F)c2)C1. The number of anilines is 3. The minimum atomic E-state index is -0.327. The molecule has 1 aliphatic heterocycles. The average Bonchev–Trinajstić information content (AvgIpc) is 2.36. The minimum absolute atomic E-state index is 0.121. The Morgan fingerprint density at radius 2 is 2.05 bits per heavy atom. The van der Waals surface area contributed by atoms with E-state index in [0.717, 1.165) is 13.1 Å². The van der Waals surface area contributed by atoms with Gasteiger partial charge < -0.3 is 21.7 Å². The Morgan fingerprint density at radius 1 is 1.29 bits per heavy atom. The summed E-state index contributed by atoms with van der Waals surface area (Å²) < 4.78 is 13.5. The van der Waals surface area contributed by atoms with Crippen molar-refractivity contribution in [2.75, 3.05) is 36.5 Å². The highest BCUT2D eigenvalue weighted by Gasteiger charge is 2.30. The predicted octanol–water partition coefficient (Wildman–Crippen LogP) is 0.855. The van der Waals surface area contributed by atoms with Gasteiger partial charge in [0.1, 0.15) is 17.5 Å². The number of hydrogen-bond acceptors (Lipinski definition) is 6. The standard InChI is InChI=1S/C14H17FN6/c1-18-10-6-21(7-10)13-11(12(16)19-14(17)20-13)8-3-2-4-9(15)5-8/h2-5,10,18H,6-7H2,1H3,(H4,16,17,19,20). The molecule has 0 amide bonds. The third kappa shape index (κ3) is 2.47. The Morgan fingerprint density at radius 3 is 2.71 bits per heavy atom. The Kier molecular flexibility index (Phi) is 3.34. The maximum absolute atomic E-state index is 13.5. The summed E-state index contributed by atoms with van der Waals surface area (Å²) in [6, 6.07) is 6.63. The molecule has 0 atom stereocenters. The number of nitrogens with zero attached hydrogens (tertiary/aromatic N) is 3. The summed E-state index contributed by atoms with van der Waals surface area (Å²) in [6.45, 7) is 1.60. The van der Waals surface area contributed by atoms with Crippen LogP contribution in [0.4, 0.5) is 22.0 Å². The fourth-order valence-corrected chi connectivity index (χ4v) is 2.47. The van der Waals surface area contributed by atoms with E-state index in [1.54, 1.807) is 12.1 Å². The van der Waals surface area contributed by atoms with Crippen LogP contribution in [0, 0.1) is 5.82 Å². The Hall–Kier alpha value is -2.41. The van der Waals surface area contributed by atoms with E-state index in [-0.39, 0.29) is 17.6 Å². The molecule has 3 rings (SSSR count). The molecule has 0 radical (unpaired) electrons. The number of hydrogen-bond donors (Lipinski definition) is 3. The molecule has 0 saturated carbocycles. The molecule has 2 heterocycles. The van der Waals surface area contributed by atoms with Crippen LogP contribution >= 0.6 is 0 Å². The lowest BCUT2D eigenvalue weighted by Gasteiger charge is -2.40. The van der Waals surface area contributed by atoms with Crippen molar-refractivity contribution >= 4 is 17.6 Å². The quantitative estimate of drug-likeness (QED) is 0.775. The molecule has 1 aromatic carbocycles. The fourth-order valence-electron chi connectivity index (χ4n) is 2.47. The maximum Gasteiger partial charge on any atom is 0.223 e. The fraction of sp³-hybridized carbons (Fsp3) is 0.286. The average molecular weight is 288 g/mol. The number of aromatic nitrogens is 2. The van der Waals surface area contributed by atoms with E-state index >= 15 is 0 Å². The molecule has 1 aliphatic rings. The Labute approximate surface area is 122 Å². The van der Waals surface area contributed by atoms with Gasteiger partial charge in [-0.2, -0.15) is 9.97 Å². The van der Waals surface area contributed by atoms with Crippen LogP contribution in [-0.2, 0) is 0 Å². The first kappa shape index (κ1) is 13.6. The zero-order valence-electron chi connectivity index (χ0n) is 11.7. The van der Waals surface area contributed by atoms with E-state index in [0.29, 0.717) is 23.0 Å². The number of nitrogens with one attached hydrogen (secondary N) is 1. The molecular formula is C14H17FN6. The number of rotatable bonds is 3. The van der Waals surface area contributed by atoms with Crippen LogP contribution in [0.1, 0.15) is 0 Å². The summed E-state index contributed by atoms with van der Waals surface area (Å²) in [5.74, 6) is 0.704. The van der Waals surface area contributed by atoms with E-state index in [9.17, 15) is 4.39 Å². The lowest BCUT2D eigenvalue weighted by atomic mass is 10.0. The van der Waals surface area contributed by atoms with Gasteiger partial charge in [-0.25, -0.2) is 4.39 Å². The van der Waals surface area contributed by atoms with Gasteiger partial charge in [-0.3, -0.25) is 0 Å². The first-order valence-electron chi connectivity index (χ1n) is 6.69. The third-order valence-electron chi connectivity index (χ3n) is 3.64. The van der Waals surface area contributed by atoms with Crippen molar-refractivity contribution in [3.8, 4) is 11.1 Å². The molecule has 5 N–H and O–H groups in total. The second kappa shape index (κ2) is 5.17. The van der Waals surface area contributed by atoms with Gasteiger partial charge in [-0.15, -0.1) is 0 Å². The van der Waals surface area contributed by atoms with Gasteiger partial charge in [0.25, 0.3) is 0 Å². The number of halogens is 1. The van der Waals surface area contributed by atoms with Gasteiger partial charge in [0.05, 0.1) is 5.56 Å². The largest absolute Gasteiger partial charge is 0.383 e. The Bertz CT molecular complexity index is 669. The van der Waals surface area contributed by atoms with Crippen molar-refractivity contribution in [3.63, 3.8) is 0 Å². The predicted molar refractivity (Wildman–Crippen MR) is 81.3 cm³/mol. The minimum Gasteiger partial charge on any atom is -0.383 e. The monoisotopic (exact) mass is 288 g/mol. The zero-order valence-corrected chi connectivity index (χ0v) is 11.7. The van der Waals surface area contributed by atoms with Crippen molar-refractivity contribution < 1.29 is 4.39 Å². The molecule has 6 nitrogen and oxygen atoms in total. The highest BCUT2D eigenvalue weighted by atomic mass is 19.1. The van der Waals surface area contributed by atoms with E-state index in [4.69, 9.17) is 11.5 Å². The molecule has 1 fully saturated rings. The van der Waals surface area contributed by atoms with Gasteiger partial charge in [0.15, 0.2) is 0 Å². The van der Waals surface area contributed by atoms with E-state index in [1.165, 1.54) is 12.1 Å². The lowest BCUT2D eigenvalue weighted by Crippen LogP contribution is -2.57. The Balaban J connectivity index is 2.07. The summed E-state index contributed by atoms with van der Waals surface area (Å²) >= 11 is 0. The van der Waals surface area contributed by atoms with Crippen LogP contribution in [0.2, 0.25) is 0 Å². The van der Waals surface area contributed by atoms with E-state index < -0.39 is 0 Å². The molecule has 2 aromatic rings. The molecule has 0 spiro atoms. The number of benzene rings is 1. The third-order valence-corrected chi connectivity index (χ3v) is 3.64. The first-order chi connectivity index (χ1) is 10.1. The van der Waals surface area contributed by atoms with Crippen molar-refractivity contribution in [2.45, 2.75) is 6.04 Å². The molecular weight excluding hydrogens is 271 g/mol. The van der Waals surface area contributed by atoms with Gasteiger partial charge >= 0.3 is 0 Å². The van der Waals surface area contributed by atoms with Crippen LogP contribution in [0.3, 0.4) is 0 Å². The smallest absolute Gasteiger partial charge is 0.223 e. The first-order valence-corrected chi connectivity index (χ1v) is 6.69. The van der Waals surface area contributed by atoms with Crippen LogP contribution in [0.15, 0.2) is 24.3 Å². The summed E-state index contributed by atoms with van der Waals surface area (Å²) in [7, 11) is 1.91. The summed E-state index contributed by atoms with van der Waals surface area (Å²) in [5, 5.41) is 3.19. The number of nitrogens with two attached hydrogens (primary N) is 2. The number of nitrogen functional groups attached to an aromatic ring is 2. The molecule has 0 bridgehead atoms. The highest BCUT2D eigenvalue weighted by Crippen LogP contribution is 2.36. The van der Waals surface area contributed by atoms with E-state index in [2.05, 4.69) is 20.2 Å². The number of likely N-dealkylation sites (N-methyl/N-ethyl adjacent to an activating group) is 1. The summed E-state index contributed by atoms with van der Waals surface area (Å²) in [4.78, 5) is 10.3. The summed E-state index contributed by atoms with van der Waals surface area (Å²) in [5.41, 5.74) is 13.0. The van der Waals surface area contributed by atoms with Gasteiger partial charge in [-0.05, 0) is 24.7 Å². The van der Waals surface area contributed by atoms with Crippen molar-refractivity contribution in [1.29, 1.82) is 0 Å². The second-order valence-corrected chi connectivity index (χ2v) is 5.07. The van der Waals surface area contributed by atoms with Crippen LogP contribution in [0.5, 0.6) is 0 Å². The lowest BCUT2D eigenvalue weighted by molar-refractivity contribution is 0.447. The molecule has 0 unspecified atom stereocenters. The molecule has 7 heteroatoms. The molecule has 1 saturated heterocycles. The van der Waals surface area contributed by atoms with Crippen LogP contribution in [-0.4, -0.2) is 36.1 Å². The van der Waals surface area contributed by atoms with Crippen LogP contribution < -0.4 is 21.7 Å². The topological polar surface area (TPSA) is 93.1 Å². The van der Waals surface area contributed by atoms with Gasteiger partial charge in [0, 0.05) is 19.1 Å². The zero-order chi connectivity index (χ0) is 15.0. The second-order valence-electron chi connectivity index (χ2n) is 5.07. The molecule has 1 aromatic heterocycles. The van der Waals surface area contributed by atoms with Crippen LogP contribution in [0.25, 0.3) is 11.1 Å². The normalized spacial score (nSPS) is 15.0. The summed E-state index contributed by atoms with van der Waals surface area (Å²) in [6.07, 6.45) is 0. The van der Waals surface area contributed by atoms with Crippen molar-refractivity contribution in [3.05, 3.63) is 30.1 Å². The van der Waals surface area contributed by atoms with Gasteiger partial charge in [0.2, 0.25) is 5.95 Å². The van der Waals surface area contributed by atoms with Gasteiger partial charge in [-0.1, -0.05) is 12.1 Å². The molecule has 0 aliphatic carbocycles. The highest BCUT2D eigenvalue weighted by molar-refractivity contribution is 5.85. The van der Waals surface area contributed by atoms with Crippen molar-refractivity contribution in [1.82, 2.24) is 15.3 Å². The van der Waals surface area contributed by atoms with Crippen molar-refractivity contribution in [2.24, 2.45) is 0 Å².